The fraction of sp³-hybridized carbons (Fsp3) is 0.100. The van der Waals surface area contributed by atoms with Gasteiger partial charge in [-0.05, 0) is 35.9 Å². The minimum atomic E-state index is -4.14. The molecule has 3 aromatic rings. The van der Waals surface area contributed by atoms with E-state index in [4.69, 9.17) is 9.79 Å². The molecule has 3 N–H and O–H groups in total. The standard InChI is InChI=1S/C20H19FN3O4P/c1-24-20(15-3-2-4-17(21)11-15)16(12-22-24)7-10-19(25)23-18-8-5-14(6-9-18)13-29(26,27)28/h2-12H,13H2,1H3,(H,23,25)(H2,26,27,28). The summed E-state index contributed by atoms with van der Waals surface area (Å²) < 4.78 is 26.2. The fourth-order valence-corrected chi connectivity index (χ4v) is 3.53. The van der Waals surface area contributed by atoms with Crippen molar-refractivity contribution in [3.8, 4) is 11.3 Å². The summed E-state index contributed by atoms with van der Waals surface area (Å²) >= 11 is 0. The second-order valence-corrected chi connectivity index (χ2v) is 8.07. The van der Waals surface area contributed by atoms with E-state index in [-0.39, 0.29) is 17.9 Å². The van der Waals surface area contributed by atoms with Crippen molar-refractivity contribution >= 4 is 25.3 Å². The number of anilines is 1. The van der Waals surface area contributed by atoms with E-state index in [1.54, 1.807) is 60.4 Å². The summed E-state index contributed by atoms with van der Waals surface area (Å²) in [4.78, 5) is 30.2. The van der Waals surface area contributed by atoms with Gasteiger partial charge < -0.3 is 15.1 Å². The van der Waals surface area contributed by atoms with Gasteiger partial charge in [0.25, 0.3) is 0 Å². The van der Waals surface area contributed by atoms with Crippen molar-refractivity contribution in [3.05, 3.63) is 77.7 Å². The maximum Gasteiger partial charge on any atom is 0.329 e. The van der Waals surface area contributed by atoms with Gasteiger partial charge in [-0.1, -0.05) is 24.3 Å². The number of carbonyl (C=O) groups is 1. The number of hydrogen-bond acceptors (Lipinski definition) is 3. The minimum absolute atomic E-state index is 0.356. The van der Waals surface area contributed by atoms with Crippen molar-refractivity contribution in [2.24, 2.45) is 7.05 Å². The second kappa shape index (κ2) is 8.53. The lowest BCUT2D eigenvalue weighted by Crippen LogP contribution is -2.07. The number of nitrogens with one attached hydrogen (secondary N) is 1. The summed E-state index contributed by atoms with van der Waals surface area (Å²) in [6.45, 7) is 0. The molecule has 1 aromatic heterocycles. The molecule has 7 nitrogen and oxygen atoms in total. The highest BCUT2D eigenvalue weighted by molar-refractivity contribution is 7.50. The van der Waals surface area contributed by atoms with E-state index in [1.165, 1.54) is 18.2 Å². The fourth-order valence-electron chi connectivity index (χ4n) is 2.85. The molecule has 150 valence electrons. The zero-order valence-electron chi connectivity index (χ0n) is 15.5. The molecule has 0 unspecified atom stereocenters. The van der Waals surface area contributed by atoms with Crippen LogP contribution in [0, 0.1) is 5.82 Å². The van der Waals surface area contributed by atoms with Crippen molar-refractivity contribution in [2.75, 3.05) is 5.32 Å². The Morgan fingerprint density at radius 3 is 2.62 bits per heavy atom. The third-order valence-electron chi connectivity index (χ3n) is 4.09. The SMILES string of the molecule is Cn1ncc(C=CC(=O)Nc2ccc(CP(=O)(O)O)cc2)c1-c1cccc(F)c1. The lowest BCUT2D eigenvalue weighted by atomic mass is 10.1. The molecule has 0 saturated carbocycles. The zero-order chi connectivity index (χ0) is 21.0. The van der Waals surface area contributed by atoms with Crippen molar-refractivity contribution in [1.29, 1.82) is 0 Å². The van der Waals surface area contributed by atoms with E-state index in [9.17, 15) is 13.8 Å². The highest BCUT2D eigenvalue weighted by atomic mass is 31.2. The van der Waals surface area contributed by atoms with Crippen LogP contribution in [0.3, 0.4) is 0 Å². The van der Waals surface area contributed by atoms with Crippen molar-refractivity contribution in [2.45, 2.75) is 6.16 Å². The minimum Gasteiger partial charge on any atom is -0.324 e. The van der Waals surface area contributed by atoms with Gasteiger partial charge in [0, 0.05) is 29.9 Å². The molecular weight excluding hydrogens is 396 g/mol. The molecule has 1 heterocycles. The first-order valence-corrected chi connectivity index (χ1v) is 10.4. The zero-order valence-corrected chi connectivity index (χ0v) is 16.4. The quantitative estimate of drug-likeness (QED) is 0.422. The van der Waals surface area contributed by atoms with Crippen LogP contribution in [-0.2, 0) is 22.6 Å². The number of aromatic nitrogens is 2. The van der Waals surface area contributed by atoms with E-state index in [0.717, 1.165) is 0 Å². The molecule has 0 atom stereocenters. The molecule has 29 heavy (non-hydrogen) atoms. The van der Waals surface area contributed by atoms with Crippen LogP contribution in [-0.4, -0.2) is 25.5 Å². The Bertz CT molecular complexity index is 1100. The van der Waals surface area contributed by atoms with E-state index < -0.39 is 7.60 Å². The van der Waals surface area contributed by atoms with E-state index >= 15 is 0 Å². The van der Waals surface area contributed by atoms with Gasteiger partial charge in [0.15, 0.2) is 0 Å². The number of hydrogen-bond donors (Lipinski definition) is 3. The van der Waals surface area contributed by atoms with Gasteiger partial charge in [0.2, 0.25) is 5.91 Å². The highest BCUT2D eigenvalue weighted by Gasteiger charge is 2.14. The summed E-state index contributed by atoms with van der Waals surface area (Å²) in [6, 6.07) is 12.3. The number of halogens is 1. The lowest BCUT2D eigenvalue weighted by Gasteiger charge is -2.06. The first-order valence-electron chi connectivity index (χ1n) is 8.62. The first-order chi connectivity index (χ1) is 13.7. The molecule has 0 spiro atoms. The number of aryl methyl sites for hydroxylation is 1. The van der Waals surface area contributed by atoms with Gasteiger partial charge in [-0.3, -0.25) is 14.0 Å². The molecule has 0 aliphatic rings. The van der Waals surface area contributed by atoms with Gasteiger partial charge in [0.05, 0.1) is 18.1 Å². The molecule has 3 rings (SSSR count). The van der Waals surface area contributed by atoms with Crippen LogP contribution in [0.5, 0.6) is 0 Å². The van der Waals surface area contributed by atoms with Gasteiger partial charge >= 0.3 is 7.60 Å². The van der Waals surface area contributed by atoms with Crippen molar-refractivity contribution < 1.29 is 23.5 Å². The topological polar surface area (TPSA) is 104 Å². The molecule has 0 saturated heterocycles. The molecule has 1 amide bonds. The van der Waals surface area contributed by atoms with Crippen LogP contribution in [0.25, 0.3) is 17.3 Å². The molecule has 0 bridgehead atoms. The van der Waals surface area contributed by atoms with Crippen molar-refractivity contribution in [3.63, 3.8) is 0 Å². The molecule has 0 aliphatic carbocycles. The number of rotatable bonds is 6. The maximum atomic E-state index is 13.5. The van der Waals surface area contributed by atoms with Crippen LogP contribution in [0.1, 0.15) is 11.1 Å². The molecule has 9 heteroatoms. The Kier molecular flexibility index (Phi) is 6.08. The lowest BCUT2D eigenvalue weighted by molar-refractivity contribution is -0.111. The average Bonchev–Trinajstić information content (AvgIpc) is 3.01. The van der Waals surface area contributed by atoms with Crippen LogP contribution < -0.4 is 5.32 Å². The smallest absolute Gasteiger partial charge is 0.324 e. The normalized spacial score (nSPS) is 11.7. The molecule has 2 aromatic carbocycles. The summed E-state index contributed by atoms with van der Waals surface area (Å²) in [5.74, 6) is -0.750. The molecule has 0 aliphatic heterocycles. The molecule has 0 radical (unpaired) electrons. The van der Waals surface area contributed by atoms with Gasteiger partial charge in [-0.25, -0.2) is 4.39 Å². The van der Waals surface area contributed by atoms with Gasteiger partial charge in [0.1, 0.15) is 5.82 Å². The average molecular weight is 415 g/mol. The Labute approximate surface area is 166 Å². The van der Waals surface area contributed by atoms with Crippen LogP contribution in [0.15, 0.2) is 60.8 Å². The molecule has 0 fully saturated rings. The van der Waals surface area contributed by atoms with Crippen LogP contribution >= 0.6 is 7.60 Å². The monoisotopic (exact) mass is 415 g/mol. The largest absolute Gasteiger partial charge is 0.329 e. The van der Waals surface area contributed by atoms with E-state index in [0.29, 0.717) is 28.1 Å². The molecular formula is C20H19FN3O4P. The summed E-state index contributed by atoms with van der Waals surface area (Å²) in [7, 11) is -2.40. The van der Waals surface area contributed by atoms with Crippen LogP contribution in [0.4, 0.5) is 10.1 Å². The second-order valence-electron chi connectivity index (χ2n) is 6.42. The Hall–Kier alpha value is -3.06. The van der Waals surface area contributed by atoms with E-state index in [1.807, 2.05) is 0 Å². The number of carbonyl (C=O) groups excluding carboxylic acids is 1. The van der Waals surface area contributed by atoms with Crippen LogP contribution in [0.2, 0.25) is 0 Å². The van der Waals surface area contributed by atoms with E-state index in [2.05, 4.69) is 10.4 Å². The number of benzene rings is 2. The maximum absolute atomic E-state index is 13.5. The highest BCUT2D eigenvalue weighted by Crippen LogP contribution is 2.39. The Balaban J connectivity index is 1.71. The summed E-state index contributed by atoms with van der Waals surface area (Å²) in [5, 5.41) is 6.84. The van der Waals surface area contributed by atoms with Crippen molar-refractivity contribution in [1.82, 2.24) is 9.78 Å². The predicted molar refractivity (Wildman–Crippen MR) is 108 cm³/mol. The Morgan fingerprint density at radius 2 is 1.97 bits per heavy atom. The van der Waals surface area contributed by atoms with Gasteiger partial charge in [-0.2, -0.15) is 5.10 Å². The number of nitrogens with zero attached hydrogens (tertiary/aromatic N) is 2. The third-order valence-corrected chi connectivity index (χ3v) is 4.87. The third kappa shape index (κ3) is 5.71. The summed E-state index contributed by atoms with van der Waals surface area (Å²) in [6.07, 6.45) is 4.15. The Morgan fingerprint density at radius 1 is 1.24 bits per heavy atom. The number of amides is 1. The predicted octanol–water partition coefficient (Wildman–Crippen LogP) is 3.56. The summed E-state index contributed by atoms with van der Waals surface area (Å²) in [5.41, 5.74) is 2.94. The van der Waals surface area contributed by atoms with Gasteiger partial charge in [-0.15, -0.1) is 0 Å². The first kappa shape index (κ1) is 20.7.